The van der Waals surface area contributed by atoms with Crippen LogP contribution in [0.15, 0.2) is 18.3 Å². The lowest BCUT2D eigenvalue weighted by Crippen LogP contribution is -2.42. The summed E-state index contributed by atoms with van der Waals surface area (Å²) in [5.74, 6) is 0.942. The van der Waals surface area contributed by atoms with E-state index in [0.717, 1.165) is 24.9 Å². The first kappa shape index (κ1) is 12.2. The molecule has 0 atom stereocenters. The van der Waals surface area contributed by atoms with E-state index in [4.69, 9.17) is 0 Å². The molecule has 1 fully saturated rings. The third-order valence-corrected chi connectivity index (χ3v) is 3.56. The number of piperidine rings is 1. The van der Waals surface area contributed by atoms with Crippen LogP contribution in [-0.4, -0.2) is 50.2 Å². The minimum atomic E-state index is 0.733. The molecule has 1 N–H and O–H groups in total. The number of hydrogen-bond acceptors (Lipinski definition) is 4. The highest BCUT2D eigenvalue weighted by Gasteiger charge is 2.20. The predicted octanol–water partition coefficient (Wildman–Crippen LogP) is 1.65. The molecule has 0 bridgehead atoms. The molecule has 1 aromatic rings. The SMILES string of the molecule is CNc1cc(N2CCC(N(C)C)CC2)ccn1. The topological polar surface area (TPSA) is 31.4 Å². The monoisotopic (exact) mass is 234 g/mol. The normalized spacial score (nSPS) is 17.5. The Bertz CT molecular complexity index is 356. The first-order valence-corrected chi connectivity index (χ1v) is 6.26. The summed E-state index contributed by atoms with van der Waals surface area (Å²) in [4.78, 5) is 9.03. The van der Waals surface area contributed by atoms with E-state index >= 15 is 0 Å². The summed E-state index contributed by atoms with van der Waals surface area (Å²) >= 11 is 0. The van der Waals surface area contributed by atoms with Crippen LogP contribution in [0.2, 0.25) is 0 Å². The summed E-state index contributed by atoms with van der Waals surface area (Å²) in [6, 6.07) is 4.95. The zero-order valence-corrected chi connectivity index (χ0v) is 11.0. The quantitative estimate of drug-likeness (QED) is 0.862. The van der Waals surface area contributed by atoms with Gasteiger partial charge in [0.1, 0.15) is 5.82 Å². The second-order valence-corrected chi connectivity index (χ2v) is 4.83. The lowest BCUT2D eigenvalue weighted by molar-refractivity contribution is 0.249. The molecule has 0 radical (unpaired) electrons. The van der Waals surface area contributed by atoms with Crippen molar-refractivity contribution < 1.29 is 0 Å². The molecule has 1 saturated heterocycles. The van der Waals surface area contributed by atoms with Crippen molar-refractivity contribution in [2.45, 2.75) is 18.9 Å². The molecule has 94 valence electrons. The van der Waals surface area contributed by atoms with Crippen LogP contribution in [0.3, 0.4) is 0 Å². The molecule has 17 heavy (non-hydrogen) atoms. The van der Waals surface area contributed by atoms with Crippen LogP contribution in [0.1, 0.15) is 12.8 Å². The van der Waals surface area contributed by atoms with Crippen LogP contribution in [0, 0.1) is 0 Å². The minimum absolute atomic E-state index is 0.733. The number of nitrogens with zero attached hydrogens (tertiary/aromatic N) is 3. The van der Waals surface area contributed by atoms with Gasteiger partial charge in [-0.3, -0.25) is 0 Å². The minimum Gasteiger partial charge on any atom is -0.373 e. The van der Waals surface area contributed by atoms with Crippen LogP contribution in [0.25, 0.3) is 0 Å². The number of rotatable bonds is 3. The maximum atomic E-state index is 4.25. The van der Waals surface area contributed by atoms with Gasteiger partial charge in [-0.2, -0.15) is 0 Å². The van der Waals surface area contributed by atoms with Crippen molar-refractivity contribution in [3.8, 4) is 0 Å². The molecule has 0 spiro atoms. The van der Waals surface area contributed by atoms with Crippen molar-refractivity contribution >= 4 is 11.5 Å². The number of pyridine rings is 1. The zero-order chi connectivity index (χ0) is 12.3. The van der Waals surface area contributed by atoms with Crippen molar-refractivity contribution in [3.05, 3.63) is 18.3 Å². The number of nitrogens with one attached hydrogen (secondary N) is 1. The van der Waals surface area contributed by atoms with Crippen molar-refractivity contribution in [1.82, 2.24) is 9.88 Å². The van der Waals surface area contributed by atoms with Gasteiger partial charge in [0.05, 0.1) is 0 Å². The fraction of sp³-hybridized carbons (Fsp3) is 0.615. The second-order valence-electron chi connectivity index (χ2n) is 4.83. The molecular formula is C13H22N4. The van der Waals surface area contributed by atoms with E-state index < -0.39 is 0 Å². The molecule has 1 aliphatic rings. The van der Waals surface area contributed by atoms with Gasteiger partial charge in [0.15, 0.2) is 0 Å². The lowest BCUT2D eigenvalue weighted by atomic mass is 10.0. The number of anilines is 2. The largest absolute Gasteiger partial charge is 0.373 e. The first-order chi connectivity index (χ1) is 8.20. The van der Waals surface area contributed by atoms with Crippen LogP contribution in [0.4, 0.5) is 11.5 Å². The molecule has 2 heterocycles. The van der Waals surface area contributed by atoms with Crippen LogP contribution >= 0.6 is 0 Å². The second kappa shape index (κ2) is 5.36. The standard InChI is InChI=1S/C13H22N4/c1-14-13-10-12(4-7-15-13)17-8-5-11(6-9-17)16(2)3/h4,7,10-11H,5-6,8-9H2,1-3H3,(H,14,15). The Morgan fingerprint density at radius 3 is 2.65 bits per heavy atom. The van der Waals surface area contributed by atoms with Crippen LogP contribution in [-0.2, 0) is 0 Å². The van der Waals surface area contributed by atoms with Crippen molar-refractivity contribution in [3.63, 3.8) is 0 Å². The van der Waals surface area contributed by atoms with E-state index in [9.17, 15) is 0 Å². The Morgan fingerprint density at radius 2 is 2.06 bits per heavy atom. The Morgan fingerprint density at radius 1 is 1.35 bits per heavy atom. The summed E-state index contributed by atoms with van der Waals surface area (Å²) in [6.45, 7) is 2.27. The van der Waals surface area contributed by atoms with Gasteiger partial charge in [-0.05, 0) is 33.0 Å². The molecule has 0 unspecified atom stereocenters. The van der Waals surface area contributed by atoms with Crippen molar-refractivity contribution in [2.75, 3.05) is 44.4 Å². The van der Waals surface area contributed by atoms with Gasteiger partial charge in [-0.1, -0.05) is 0 Å². The van der Waals surface area contributed by atoms with E-state index in [-0.39, 0.29) is 0 Å². The van der Waals surface area contributed by atoms with Gasteiger partial charge in [0.2, 0.25) is 0 Å². The Balaban J connectivity index is 2.00. The summed E-state index contributed by atoms with van der Waals surface area (Å²) in [7, 11) is 6.25. The Kier molecular flexibility index (Phi) is 3.84. The third kappa shape index (κ3) is 2.88. The molecule has 0 aromatic carbocycles. The number of hydrogen-bond donors (Lipinski definition) is 1. The van der Waals surface area contributed by atoms with Crippen LogP contribution < -0.4 is 10.2 Å². The molecule has 4 heteroatoms. The first-order valence-electron chi connectivity index (χ1n) is 6.26. The summed E-state index contributed by atoms with van der Waals surface area (Å²) in [6.07, 6.45) is 4.35. The van der Waals surface area contributed by atoms with Crippen molar-refractivity contribution in [2.24, 2.45) is 0 Å². The molecule has 1 aliphatic heterocycles. The highest BCUT2D eigenvalue weighted by Crippen LogP contribution is 2.22. The van der Waals surface area contributed by atoms with E-state index in [1.807, 2.05) is 13.2 Å². The lowest BCUT2D eigenvalue weighted by Gasteiger charge is -2.36. The van der Waals surface area contributed by atoms with Crippen molar-refractivity contribution in [1.29, 1.82) is 0 Å². The highest BCUT2D eigenvalue weighted by molar-refractivity contribution is 5.53. The van der Waals surface area contributed by atoms with Gasteiger partial charge in [-0.25, -0.2) is 4.98 Å². The van der Waals surface area contributed by atoms with E-state index in [1.165, 1.54) is 18.5 Å². The molecule has 0 saturated carbocycles. The van der Waals surface area contributed by atoms with E-state index in [0.29, 0.717) is 0 Å². The molecule has 2 rings (SSSR count). The summed E-state index contributed by atoms with van der Waals surface area (Å²) in [5, 5.41) is 3.09. The molecule has 4 nitrogen and oxygen atoms in total. The van der Waals surface area contributed by atoms with Gasteiger partial charge >= 0.3 is 0 Å². The Hall–Kier alpha value is -1.29. The predicted molar refractivity (Wildman–Crippen MR) is 72.7 cm³/mol. The highest BCUT2D eigenvalue weighted by atomic mass is 15.2. The van der Waals surface area contributed by atoms with Crippen LogP contribution in [0.5, 0.6) is 0 Å². The molecule has 0 amide bonds. The molecule has 1 aromatic heterocycles. The van der Waals surface area contributed by atoms with E-state index in [2.05, 4.69) is 46.3 Å². The van der Waals surface area contributed by atoms with E-state index in [1.54, 1.807) is 0 Å². The summed E-state index contributed by atoms with van der Waals surface area (Å²) in [5.41, 5.74) is 1.28. The smallest absolute Gasteiger partial charge is 0.127 e. The maximum absolute atomic E-state index is 4.25. The maximum Gasteiger partial charge on any atom is 0.127 e. The van der Waals surface area contributed by atoms with Gasteiger partial charge in [0, 0.05) is 44.1 Å². The zero-order valence-electron chi connectivity index (χ0n) is 11.0. The number of aromatic nitrogens is 1. The fourth-order valence-corrected chi connectivity index (χ4v) is 2.39. The van der Waals surface area contributed by atoms with Gasteiger partial charge in [0.25, 0.3) is 0 Å². The van der Waals surface area contributed by atoms with Gasteiger partial charge in [-0.15, -0.1) is 0 Å². The molecule has 0 aliphatic carbocycles. The molecular weight excluding hydrogens is 212 g/mol. The Labute approximate surface area is 104 Å². The average molecular weight is 234 g/mol. The van der Waals surface area contributed by atoms with Gasteiger partial charge < -0.3 is 15.1 Å². The fourth-order valence-electron chi connectivity index (χ4n) is 2.39. The average Bonchev–Trinajstić information content (AvgIpc) is 2.39. The summed E-state index contributed by atoms with van der Waals surface area (Å²) < 4.78 is 0. The third-order valence-electron chi connectivity index (χ3n) is 3.56.